The maximum Gasteiger partial charge on any atom is 0.315 e. The fourth-order valence-electron chi connectivity index (χ4n) is 2.84. The molecule has 0 aliphatic rings. The van der Waals surface area contributed by atoms with Crippen molar-refractivity contribution in [3.05, 3.63) is 71.5 Å². The summed E-state index contributed by atoms with van der Waals surface area (Å²) in [5.74, 6) is -0.249. The predicted molar refractivity (Wildman–Crippen MR) is 104 cm³/mol. The van der Waals surface area contributed by atoms with Crippen LogP contribution in [0.1, 0.15) is 31.0 Å². The molecule has 2 aromatic carbocycles. The third kappa shape index (κ3) is 6.48. The van der Waals surface area contributed by atoms with Gasteiger partial charge in [0.2, 0.25) is 0 Å². The third-order valence-corrected chi connectivity index (χ3v) is 4.45. The molecule has 2 aromatic rings. The predicted octanol–water partition coefficient (Wildman–Crippen LogP) is 3.75. The maximum atomic E-state index is 12.9. The van der Waals surface area contributed by atoms with Crippen molar-refractivity contribution in [2.75, 3.05) is 26.2 Å². The van der Waals surface area contributed by atoms with Gasteiger partial charge in [0.25, 0.3) is 0 Å². The molecule has 4 nitrogen and oxygen atoms in total. The van der Waals surface area contributed by atoms with E-state index in [1.165, 1.54) is 12.1 Å². The first-order chi connectivity index (χ1) is 12.6. The lowest BCUT2D eigenvalue weighted by molar-refractivity contribution is 0.226. The van der Waals surface area contributed by atoms with Crippen LogP contribution in [0, 0.1) is 5.82 Å². The smallest absolute Gasteiger partial charge is 0.315 e. The number of benzene rings is 2. The minimum Gasteiger partial charge on any atom is -0.338 e. The number of hydrogen-bond acceptors (Lipinski definition) is 2. The van der Waals surface area contributed by atoms with E-state index in [9.17, 15) is 9.18 Å². The molecular formula is C21H28FN3O. The van der Waals surface area contributed by atoms with Crippen LogP contribution in [-0.4, -0.2) is 37.1 Å². The minimum atomic E-state index is -0.249. The molecule has 0 unspecified atom stereocenters. The molecule has 2 amide bonds. The molecule has 0 aromatic heterocycles. The van der Waals surface area contributed by atoms with Crippen molar-refractivity contribution < 1.29 is 9.18 Å². The van der Waals surface area contributed by atoms with E-state index < -0.39 is 0 Å². The zero-order valence-corrected chi connectivity index (χ0v) is 15.5. The van der Waals surface area contributed by atoms with Gasteiger partial charge < -0.3 is 15.5 Å². The Morgan fingerprint density at radius 1 is 1.04 bits per heavy atom. The van der Waals surface area contributed by atoms with Crippen molar-refractivity contribution in [3.8, 4) is 0 Å². The summed E-state index contributed by atoms with van der Waals surface area (Å²) in [6.07, 6.45) is 0.666. The van der Waals surface area contributed by atoms with Crippen molar-refractivity contribution >= 4 is 6.03 Å². The number of urea groups is 1. The molecule has 2 N–H and O–H groups in total. The van der Waals surface area contributed by atoms with Crippen LogP contribution in [0.2, 0.25) is 0 Å². The number of hydrogen-bond donors (Lipinski definition) is 2. The first-order valence-corrected chi connectivity index (χ1v) is 9.18. The molecule has 0 saturated carbocycles. The highest BCUT2D eigenvalue weighted by molar-refractivity contribution is 5.74. The number of halogens is 1. The first kappa shape index (κ1) is 19.9. The number of rotatable bonds is 9. The van der Waals surface area contributed by atoms with Gasteiger partial charge in [0.1, 0.15) is 5.82 Å². The van der Waals surface area contributed by atoms with E-state index >= 15 is 0 Å². The molecule has 0 saturated heterocycles. The van der Waals surface area contributed by atoms with Crippen molar-refractivity contribution in [3.63, 3.8) is 0 Å². The lowest BCUT2D eigenvalue weighted by Crippen LogP contribution is -2.43. The average molecular weight is 357 g/mol. The number of nitrogens with zero attached hydrogens (tertiary/aromatic N) is 1. The standard InChI is InChI=1S/C21H28FN3O/c1-3-25(4-2)16-20(18-8-6-5-7-9-18)24-21(26)23-15-14-17-10-12-19(22)13-11-17/h5-13,20H,3-4,14-16H2,1-2H3,(H2,23,24,26)/t20-/m1/s1. The topological polar surface area (TPSA) is 44.4 Å². The maximum absolute atomic E-state index is 12.9. The monoisotopic (exact) mass is 357 g/mol. The van der Waals surface area contributed by atoms with Crippen LogP contribution < -0.4 is 10.6 Å². The average Bonchev–Trinajstić information content (AvgIpc) is 2.67. The highest BCUT2D eigenvalue weighted by atomic mass is 19.1. The van der Waals surface area contributed by atoms with E-state index in [1.54, 1.807) is 12.1 Å². The number of amides is 2. The number of nitrogens with one attached hydrogen (secondary N) is 2. The molecule has 1 atom stereocenters. The third-order valence-electron chi connectivity index (χ3n) is 4.45. The molecule has 0 aliphatic carbocycles. The molecule has 5 heteroatoms. The molecule has 0 bridgehead atoms. The lowest BCUT2D eigenvalue weighted by atomic mass is 10.1. The van der Waals surface area contributed by atoms with Gasteiger partial charge in [-0.1, -0.05) is 56.3 Å². The van der Waals surface area contributed by atoms with Crippen LogP contribution in [0.25, 0.3) is 0 Å². The number of likely N-dealkylation sites (N-methyl/N-ethyl adjacent to an activating group) is 1. The highest BCUT2D eigenvalue weighted by Crippen LogP contribution is 2.14. The first-order valence-electron chi connectivity index (χ1n) is 9.18. The summed E-state index contributed by atoms with van der Waals surface area (Å²) in [5, 5.41) is 5.97. The van der Waals surface area contributed by atoms with Crippen molar-refractivity contribution in [2.45, 2.75) is 26.3 Å². The van der Waals surface area contributed by atoms with E-state index in [-0.39, 0.29) is 17.9 Å². The Bertz CT molecular complexity index is 657. The van der Waals surface area contributed by atoms with Gasteiger partial charge in [-0.2, -0.15) is 0 Å². The van der Waals surface area contributed by atoms with E-state index in [0.29, 0.717) is 13.0 Å². The second-order valence-electron chi connectivity index (χ2n) is 6.23. The fourth-order valence-corrected chi connectivity index (χ4v) is 2.84. The summed E-state index contributed by atoms with van der Waals surface area (Å²) in [7, 11) is 0. The van der Waals surface area contributed by atoms with Gasteiger partial charge in [-0.3, -0.25) is 0 Å². The molecule has 0 spiro atoms. The Morgan fingerprint density at radius 2 is 1.69 bits per heavy atom. The number of carbonyl (C=O) groups is 1. The van der Waals surface area contributed by atoms with Gasteiger partial charge in [0.05, 0.1) is 6.04 Å². The van der Waals surface area contributed by atoms with Crippen molar-refractivity contribution in [2.24, 2.45) is 0 Å². The molecule has 0 heterocycles. The van der Waals surface area contributed by atoms with Gasteiger partial charge in [0.15, 0.2) is 0 Å². The molecule has 2 rings (SSSR count). The SMILES string of the molecule is CCN(CC)C[C@@H](NC(=O)NCCc1ccc(F)cc1)c1ccccc1. The number of carbonyl (C=O) groups excluding carboxylic acids is 1. The molecule has 0 radical (unpaired) electrons. The summed E-state index contributed by atoms with van der Waals surface area (Å²) in [6.45, 7) is 7.39. The van der Waals surface area contributed by atoms with Crippen LogP contribution >= 0.6 is 0 Å². The Labute approximate surface area is 155 Å². The Morgan fingerprint density at radius 3 is 2.31 bits per heavy atom. The largest absolute Gasteiger partial charge is 0.338 e. The van der Waals surface area contributed by atoms with E-state index in [1.807, 2.05) is 30.3 Å². The summed E-state index contributed by atoms with van der Waals surface area (Å²) < 4.78 is 12.9. The second-order valence-corrected chi connectivity index (χ2v) is 6.23. The van der Waals surface area contributed by atoms with Crippen LogP contribution in [0.4, 0.5) is 9.18 Å². The zero-order valence-electron chi connectivity index (χ0n) is 15.5. The van der Waals surface area contributed by atoms with Gasteiger partial charge in [-0.25, -0.2) is 9.18 Å². The summed E-state index contributed by atoms with van der Waals surface area (Å²) in [4.78, 5) is 14.6. The van der Waals surface area contributed by atoms with Gasteiger partial charge in [-0.15, -0.1) is 0 Å². The quantitative estimate of drug-likeness (QED) is 0.718. The fraction of sp³-hybridized carbons (Fsp3) is 0.381. The van der Waals surface area contributed by atoms with E-state index in [0.717, 1.165) is 30.8 Å². The van der Waals surface area contributed by atoms with Crippen LogP contribution in [-0.2, 0) is 6.42 Å². The lowest BCUT2D eigenvalue weighted by Gasteiger charge is -2.26. The molecule has 26 heavy (non-hydrogen) atoms. The van der Waals surface area contributed by atoms with Crippen LogP contribution in [0.3, 0.4) is 0 Å². The van der Waals surface area contributed by atoms with E-state index in [4.69, 9.17) is 0 Å². The Kier molecular flexibility index (Phi) is 8.09. The summed E-state index contributed by atoms with van der Waals surface area (Å²) in [5.41, 5.74) is 2.09. The summed E-state index contributed by atoms with van der Waals surface area (Å²) in [6, 6.07) is 16.1. The Balaban J connectivity index is 1.89. The Hall–Kier alpha value is -2.40. The highest BCUT2D eigenvalue weighted by Gasteiger charge is 2.16. The van der Waals surface area contributed by atoms with Gasteiger partial charge >= 0.3 is 6.03 Å². The molecule has 0 aliphatic heterocycles. The molecule has 0 fully saturated rings. The van der Waals surface area contributed by atoms with Crippen molar-refractivity contribution in [1.82, 2.24) is 15.5 Å². The molecular weight excluding hydrogens is 329 g/mol. The van der Waals surface area contributed by atoms with E-state index in [2.05, 4.69) is 29.4 Å². The van der Waals surface area contributed by atoms with Crippen molar-refractivity contribution in [1.29, 1.82) is 0 Å². The van der Waals surface area contributed by atoms with Gasteiger partial charge in [0, 0.05) is 13.1 Å². The minimum absolute atomic E-state index is 0.0677. The normalized spacial score (nSPS) is 12.0. The van der Waals surface area contributed by atoms with Crippen LogP contribution in [0.15, 0.2) is 54.6 Å². The molecule has 140 valence electrons. The second kappa shape index (κ2) is 10.6. The summed E-state index contributed by atoms with van der Waals surface area (Å²) >= 11 is 0. The zero-order chi connectivity index (χ0) is 18.8. The van der Waals surface area contributed by atoms with Gasteiger partial charge in [-0.05, 0) is 42.8 Å². The van der Waals surface area contributed by atoms with Crippen LogP contribution in [0.5, 0.6) is 0 Å².